The molecule has 2 aromatic carbocycles. The molecule has 1 aliphatic carbocycles. The van der Waals surface area contributed by atoms with Crippen molar-refractivity contribution in [3.05, 3.63) is 71.3 Å². The second-order valence-corrected chi connectivity index (χ2v) is 14.5. The number of ketones is 2. The van der Waals surface area contributed by atoms with E-state index in [1.807, 2.05) is 36.4 Å². The highest BCUT2D eigenvalue weighted by atomic mass is 16.6. The van der Waals surface area contributed by atoms with Crippen LogP contribution in [0.2, 0.25) is 0 Å². The fraction of sp³-hybridized carbons (Fsp3) is 0.514. The van der Waals surface area contributed by atoms with E-state index in [9.17, 15) is 19.2 Å². The first-order valence-corrected chi connectivity index (χ1v) is 16.1. The standard InChI is InChI=1S/C37H46N2O6/c1-36(2,3)39-22-29(26-9-10-26)20-30(39)21-32(40)27-15-11-24(12-16-27)25-13-17-28(18-14-25)33(41)23-44-34(42)31-8-7-19-38(31)35(43)45-37(4,5)6/h11-18,20,26,30-31H,7-10,19,21-23H2,1-6H3. The molecule has 0 N–H and O–H groups in total. The summed E-state index contributed by atoms with van der Waals surface area (Å²) in [6.45, 7) is 12.9. The van der Waals surface area contributed by atoms with E-state index in [2.05, 4.69) is 31.7 Å². The number of hydrogen-bond acceptors (Lipinski definition) is 7. The minimum atomic E-state index is -0.753. The van der Waals surface area contributed by atoms with Crippen LogP contribution < -0.4 is 0 Å². The summed E-state index contributed by atoms with van der Waals surface area (Å²) in [6.07, 6.45) is 5.93. The predicted molar refractivity (Wildman–Crippen MR) is 173 cm³/mol. The van der Waals surface area contributed by atoms with Crippen LogP contribution in [0.25, 0.3) is 11.1 Å². The summed E-state index contributed by atoms with van der Waals surface area (Å²) >= 11 is 0. The van der Waals surface area contributed by atoms with Crippen molar-refractivity contribution >= 4 is 23.6 Å². The number of benzene rings is 2. The molecule has 0 aromatic heterocycles. The highest BCUT2D eigenvalue weighted by Gasteiger charge is 2.39. The Kier molecular flexibility index (Phi) is 9.36. The van der Waals surface area contributed by atoms with Gasteiger partial charge in [0.2, 0.25) is 0 Å². The molecule has 2 fully saturated rings. The Hall–Kier alpha value is -3.78. The van der Waals surface area contributed by atoms with Gasteiger partial charge in [-0.3, -0.25) is 19.4 Å². The van der Waals surface area contributed by atoms with E-state index in [4.69, 9.17) is 9.47 Å². The lowest BCUT2D eigenvalue weighted by atomic mass is 9.97. The molecule has 45 heavy (non-hydrogen) atoms. The summed E-state index contributed by atoms with van der Waals surface area (Å²) in [5.74, 6) is -0.0832. The van der Waals surface area contributed by atoms with Crippen molar-refractivity contribution < 1.29 is 28.7 Å². The van der Waals surface area contributed by atoms with E-state index in [1.165, 1.54) is 23.3 Å². The van der Waals surface area contributed by atoms with Gasteiger partial charge in [0.15, 0.2) is 18.2 Å². The smallest absolute Gasteiger partial charge is 0.411 e. The molecule has 2 aliphatic heterocycles. The number of Topliss-reactive ketones (excluding diaryl/α,β-unsaturated/α-hetero) is 2. The molecule has 5 rings (SSSR count). The first-order valence-electron chi connectivity index (χ1n) is 16.1. The lowest BCUT2D eigenvalue weighted by Gasteiger charge is -2.37. The summed E-state index contributed by atoms with van der Waals surface area (Å²) in [7, 11) is 0. The molecule has 2 aromatic rings. The molecule has 8 nitrogen and oxygen atoms in total. The van der Waals surface area contributed by atoms with E-state index >= 15 is 0 Å². The third-order valence-corrected chi connectivity index (χ3v) is 8.76. The largest absolute Gasteiger partial charge is 0.456 e. The van der Waals surface area contributed by atoms with Gasteiger partial charge in [-0.05, 0) is 84.3 Å². The number of carbonyl (C=O) groups excluding carboxylic acids is 4. The third-order valence-electron chi connectivity index (χ3n) is 8.76. The first-order chi connectivity index (χ1) is 21.2. The average molecular weight is 615 g/mol. The van der Waals surface area contributed by atoms with Gasteiger partial charge in [-0.2, -0.15) is 0 Å². The van der Waals surface area contributed by atoms with Crippen LogP contribution in [0.4, 0.5) is 4.79 Å². The number of amides is 1. The topological polar surface area (TPSA) is 93.2 Å². The maximum Gasteiger partial charge on any atom is 0.411 e. The van der Waals surface area contributed by atoms with Gasteiger partial charge in [0.05, 0.1) is 0 Å². The third kappa shape index (κ3) is 8.09. The molecule has 240 valence electrons. The highest BCUT2D eigenvalue weighted by molar-refractivity contribution is 5.99. The molecular formula is C37H46N2O6. The molecule has 1 amide bonds. The molecule has 3 aliphatic rings. The second kappa shape index (κ2) is 12.9. The first kappa shape index (κ1) is 32.6. The van der Waals surface area contributed by atoms with Crippen molar-refractivity contribution in [3.63, 3.8) is 0 Å². The molecule has 1 saturated heterocycles. The summed E-state index contributed by atoms with van der Waals surface area (Å²) in [6, 6.07) is 14.1. The van der Waals surface area contributed by atoms with Crippen molar-refractivity contribution in [2.75, 3.05) is 19.7 Å². The van der Waals surface area contributed by atoms with Gasteiger partial charge in [0.1, 0.15) is 11.6 Å². The predicted octanol–water partition coefficient (Wildman–Crippen LogP) is 6.87. The van der Waals surface area contributed by atoms with Crippen LogP contribution in [0.3, 0.4) is 0 Å². The van der Waals surface area contributed by atoms with Gasteiger partial charge in [0, 0.05) is 42.2 Å². The van der Waals surface area contributed by atoms with E-state index in [0.717, 1.165) is 17.7 Å². The van der Waals surface area contributed by atoms with E-state index < -0.39 is 30.3 Å². The number of rotatable bonds is 9. The zero-order chi connectivity index (χ0) is 32.5. The minimum Gasteiger partial charge on any atom is -0.456 e. The second-order valence-electron chi connectivity index (χ2n) is 14.5. The van der Waals surface area contributed by atoms with Gasteiger partial charge in [-0.15, -0.1) is 0 Å². The van der Waals surface area contributed by atoms with Crippen molar-refractivity contribution in [2.24, 2.45) is 5.92 Å². The molecule has 2 heterocycles. The Labute approximate surface area is 266 Å². The Balaban J connectivity index is 1.15. The summed E-state index contributed by atoms with van der Waals surface area (Å²) in [4.78, 5) is 55.1. The monoisotopic (exact) mass is 614 g/mol. The number of ether oxygens (including phenoxy) is 2. The zero-order valence-corrected chi connectivity index (χ0v) is 27.4. The van der Waals surface area contributed by atoms with E-state index in [0.29, 0.717) is 42.9 Å². The Morgan fingerprint density at radius 2 is 1.38 bits per heavy atom. The maximum absolute atomic E-state index is 13.3. The number of esters is 1. The molecule has 0 bridgehead atoms. The SMILES string of the molecule is CC(C)(C)OC(=O)N1CCCC1C(=O)OCC(=O)c1ccc(-c2ccc(C(=O)CC3C=C(C4CC4)CN3C(C)(C)C)cc2)cc1. The van der Waals surface area contributed by atoms with Crippen LogP contribution in [0.15, 0.2) is 60.2 Å². The molecule has 2 unspecified atom stereocenters. The van der Waals surface area contributed by atoms with Gasteiger partial charge >= 0.3 is 12.1 Å². The van der Waals surface area contributed by atoms with Gasteiger partial charge in [-0.1, -0.05) is 60.2 Å². The van der Waals surface area contributed by atoms with Gasteiger partial charge in [-0.25, -0.2) is 9.59 Å². The summed E-state index contributed by atoms with van der Waals surface area (Å²) in [5.41, 5.74) is 3.79. The quantitative estimate of drug-likeness (QED) is 0.173. The highest BCUT2D eigenvalue weighted by Crippen LogP contribution is 2.42. The van der Waals surface area contributed by atoms with Crippen molar-refractivity contribution in [3.8, 4) is 11.1 Å². The molecule has 2 atom stereocenters. The maximum atomic E-state index is 13.3. The number of likely N-dealkylation sites (tertiary alicyclic amines) is 1. The minimum absolute atomic E-state index is 0.00389. The number of nitrogens with zero attached hydrogens (tertiary/aromatic N) is 2. The van der Waals surface area contributed by atoms with Gasteiger partial charge < -0.3 is 9.47 Å². The van der Waals surface area contributed by atoms with Crippen LogP contribution in [0, 0.1) is 5.92 Å². The molecular weight excluding hydrogens is 568 g/mol. The van der Waals surface area contributed by atoms with Crippen molar-refractivity contribution in [1.82, 2.24) is 9.80 Å². The lowest BCUT2D eigenvalue weighted by Crippen LogP contribution is -2.46. The van der Waals surface area contributed by atoms with Crippen LogP contribution in [-0.4, -0.2) is 76.3 Å². The Morgan fingerprint density at radius 1 is 0.800 bits per heavy atom. The van der Waals surface area contributed by atoms with Crippen LogP contribution in [0.5, 0.6) is 0 Å². The van der Waals surface area contributed by atoms with Crippen molar-refractivity contribution in [2.45, 2.75) is 96.9 Å². The molecule has 0 radical (unpaired) electrons. The average Bonchev–Trinajstić information content (AvgIpc) is 3.54. The Morgan fingerprint density at radius 3 is 1.91 bits per heavy atom. The van der Waals surface area contributed by atoms with Crippen LogP contribution >= 0.6 is 0 Å². The number of carbonyl (C=O) groups is 4. The van der Waals surface area contributed by atoms with E-state index in [1.54, 1.807) is 32.9 Å². The normalized spacial score (nSPS) is 20.6. The molecule has 0 spiro atoms. The zero-order valence-electron chi connectivity index (χ0n) is 27.4. The van der Waals surface area contributed by atoms with Gasteiger partial charge in [0.25, 0.3) is 0 Å². The van der Waals surface area contributed by atoms with Crippen LogP contribution in [-0.2, 0) is 14.3 Å². The van der Waals surface area contributed by atoms with Crippen LogP contribution in [0.1, 0.15) is 94.4 Å². The van der Waals surface area contributed by atoms with E-state index in [-0.39, 0.29) is 23.1 Å². The fourth-order valence-corrected chi connectivity index (χ4v) is 6.20. The summed E-state index contributed by atoms with van der Waals surface area (Å²) < 4.78 is 10.7. The summed E-state index contributed by atoms with van der Waals surface area (Å²) in [5, 5.41) is 0. The van der Waals surface area contributed by atoms with Crippen molar-refractivity contribution in [1.29, 1.82) is 0 Å². The Bertz CT molecular complexity index is 1460. The number of hydrogen-bond donors (Lipinski definition) is 0. The fourth-order valence-electron chi connectivity index (χ4n) is 6.20. The lowest BCUT2D eigenvalue weighted by molar-refractivity contribution is -0.147. The molecule has 8 heteroatoms. The molecule has 1 saturated carbocycles.